The van der Waals surface area contributed by atoms with E-state index in [0.717, 1.165) is 23.5 Å². The molecule has 0 amide bonds. The van der Waals surface area contributed by atoms with Crippen molar-refractivity contribution in [3.63, 3.8) is 0 Å². The molecule has 1 unspecified atom stereocenters. The Labute approximate surface area is 252 Å². The number of fused-ring (bicyclic) bond motifs is 3. The highest BCUT2D eigenvalue weighted by Crippen LogP contribution is 2.33. The SMILES string of the molecule is CCCCCCCCCCCCCCCCCC[N+](C)(C)CCC[Si]12OCC(NCC(O)CS(=O)(=O)[O-])(CO1)CO2. The van der Waals surface area contributed by atoms with E-state index in [1.165, 1.54) is 109 Å². The molecule has 2 bridgehead atoms. The molecule has 3 saturated heterocycles. The van der Waals surface area contributed by atoms with Gasteiger partial charge in [0.15, 0.2) is 0 Å². The number of nitrogens with zero attached hydrogens (tertiary/aromatic N) is 1. The number of aliphatic hydroxyl groups is 1. The number of rotatable bonds is 26. The maximum absolute atomic E-state index is 10.8. The molecule has 2 N–H and O–H groups in total. The average molecular weight is 623 g/mol. The minimum Gasteiger partial charge on any atom is -0.748 e. The summed E-state index contributed by atoms with van der Waals surface area (Å²) in [5.41, 5.74) is -0.606. The Balaban J connectivity index is 1.44. The number of quaternary nitrogens is 1. The van der Waals surface area contributed by atoms with E-state index in [-0.39, 0.29) is 6.54 Å². The van der Waals surface area contributed by atoms with Crippen LogP contribution in [0, 0.1) is 0 Å². The molecule has 3 rings (SSSR count). The predicted octanol–water partition coefficient (Wildman–Crippen LogP) is 4.96. The van der Waals surface area contributed by atoms with E-state index in [1.54, 1.807) is 0 Å². The van der Waals surface area contributed by atoms with E-state index < -0.39 is 36.3 Å². The van der Waals surface area contributed by atoms with Gasteiger partial charge in [0, 0.05) is 19.0 Å². The van der Waals surface area contributed by atoms with Gasteiger partial charge in [-0.05, 0) is 12.8 Å². The first kappa shape index (κ1) is 37.1. The van der Waals surface area contributed by atoms with Crippen LogP contribution in [0.2, 0.25) is 6.04 Å². The van der Waals surface area contributed by atoms with Gasteiger partial charge < -0.3 is 32.7 Å². The average Bonchev–Trinajstić information content (AvgIpc) is 2.92. The van der Waals surface area contributed by atoms with Crippen LogP contribution in [0.15, 0.2) is 0 Å². The summed E-state index contributed by atoms with van der Waals surface area (Å²) in [6.07, 6.45) is 22.0. The third-order valence-corrected chi connectivity index (χ3v) is 12.2. The third-order valence-electron chi connectivity index (χ3n) is 8.68. The smallest absolute Gasteiger partial charge is 0.501 e. The minimum atomic E-state index is -4.47. The number of nitrogens with one attached hydrogen (secondary N) is 1. The van der Waals surface area contributed by atoms with Crippen molar-refractivity contribution in [2.45, 2.75) is 134 Å². The van der Waals surface area contributed by atoms with Gasteiger partial charge in [-0.15, -0.1) is 0 Å². The molecule has 244 valence electrons. The highest BCUT2D eigenvalue weighted by atomic mass is 32.2. The monoisotopic (exact) mass is 622 g/mol. The largest absolute Gasteiger partial charge is 0.748 e. The van der Waals surface area contributed by atoms with Crippen molar-refractivity contribution in [1.82, 2.24) is 5.32 Å². The van der Waals surface area contributed by atoms with Gasteiger partial charge >= 0.3 is 8.80 Å². The first-order chi connectivity index (χ1) is 19.5. The van der Waals surface area contributed by atoms with Crippen LogP contribution >= 0.6 is 0 Å². The first-order valence-corrected chi connectivity index (χ1v) is 20.1. The van der Waals surface area contributed by atoms with Crippen LogP contribution < -0.4 is 5.32 Å². The Morgan fingerprint density at radius 3 is 1.63 bits per heavy atom. The maximum atomic E-state index is 10.8. The van der Waals surface area contributed by atoms with E-state index in [9.17, 15) is 18.1 Å². The summed E-state index contributed by atoms with van der Waals surface area (Å²) in [7, 11) is -2.53. The molecular weight excluding hydrogens is 560 g/mol. The number of aliphatic hydroxyl groups excluding tert-OH is 1. The molecule has 1 atom stereocenters. The topological polar surface area (TPSA) is 117 Å². The van der Waals surface area contributed by atoms with Crippen molar-refractivity contribution in [2.75, 3.05) is 59.3 Å². The standard InChI is InChI=1S/C30H62N2O7SSi/c1-4-5-6-7-8-9-10-11-12-13-14-15-16-17-18-19-21-32(2,3)22-20-23-41-37-26-30(27-38-41,28-39-41)31-24-29(33)25-40(34,35)36/h29,31,33H,4-28H2,1-3H3. The summed E-state index contributed by atoms with van der Waals surface area (Å²) < 4.78 is 51.7. The molecule has 3 aliphatic heterocycles. The van der Waals surface area contributed by atoms with Gasteiger partial charge in [0.2, 0.25) is 0 Å². The van der Waals surface area contributed by atoms with Crippen molar-refractivity contribution in [3.05, 3.63) is 0 Å². The molecule has 11 heteroatoms. The van der Waals surface area contributed by atoms with Crippen LogP contribution in [0.5, 0.6) is 0 Å². The van der Waals surface area contributed by atoms with Crippen molar-refractivity contribution >= 4 is 18.9 Å². The number of hydrogen-bond donors (Lipinski definition) is 2. The summed E-state index contributed by atoms with van der Waals surface area (Å²) in [6, 6.07) is 0.792. The normalized spacial score (nSPS) is 23.7. The lowest BCUT2D eigenvalue weighted by Gasteiger charge is -2.51. The van der Waals surface area contributed by atoms with E-state index in [2.05, 4.69) is 26.3 Å². The lowest BCUT2D eigenvalue weighted by Crippen LogP contribution is -2.72. The molecule has 9 nitrogen and oxygen atoms in total. The fourth-order valence-corrected chi connectivity index (χ4v) is 9.27. The Hall–Kier alpha value is -0.113. The molecule has 0 radical (unpaired) electrons. The van der Waals surface area contributed by atoms with E-state index >= 15 is 0 Å². The molecule has 0 aliphatic carbocycles. The summed E-state index contributed by atoms with van der Waals surface area (Å²) in [6.45, 7) is 5.72. The van der Waals surface area contributed by atoms with Gasteiger partial charge in [-0.3, -0.25) is 0 Å². The van der Waals surface area contributed by atoms with Crippen molar-refractivity contribution in [1.29, 1.82) is 0 Å². The van der Waals surface area contributed by atoms with Crippen LogP contribution in [0.4, 0.5) is 0 Å². The second kappa shape index (κ2) is 19.3. The molecule has 0 aromatic rings. The Morgan fingerprint density at radius 1 is 0.780 bits per heavy atom. The molecule has 0 saturated carbocycles. The van der Waals surface area contributed by atoms with Gasteiger partial charge in [0.05, 0.1) is 74.5 Å². The van der Waals surface area contributed by atoms with Gasteiger partial charge in [-0.2, -0.15) is 0 Å². The number of hydrogen-bond acceptors (Lipinski definition) is 8. The van der Waals surface area contributed by atoms with E-state index in [1.807, 2.05) is 0 Å². The van der Waals surface area contributed by atoms with Gasteiger partial charge in [0.1, 0.15) is 0 Å². The van der Waals surface area contributed by atoms with Crippen LogP contribution in [0.3, 0.4) is 0 Å². The molecule has 0 aromatic carbocycles. The number of β-amino-alcohol motifs (C(OH)–C–C–N with tert-alkyl or cyclic N) is 1. The van der Waals surface area contributed by atoms with Gasteiger partial charge in [0.25, 0.3) is 0 Å². The minimum absolute atomic E-state index is 0.0306. The predicted molar refractivity (Wildman–Crippen MR) is 166 cm³/mol. The molecule has 0 aromatic heterocycles. The maximum Gasteiger partial charge on any atom is 0.501 e. The van der Waals surface area contributed by atoms with Crippen molar-refractivity contribution in [2.24, 2.45) is 0 Å². The zero-order valence-electron chi connectivity index (χ0n) is 26.5. The molecule has 0 spiro atoms. The summed E-state index contributed by atoms with van der Waals surface area (Å²) in [4.78, 5) is 0. The lowest BCUT2D eigenvalue weighted by atomic mass is 10.0. The van der Waals surface area contributed by atoms with E-state index in [4.69, 9.17) is 13.3 Å². The summed E-state index contributed by atoms with van der Waals surface area (Å²) >= 11 is 0. The van der Waals surface area contributed by atoms with E-state index in [0.29, 0.717) is 19.8 Å². The Bertz CT molecular complexity index is 775. The second-order valence-electron chi connectivity index (χ2n) is 13.4. The summed E-state index contributed by atoms with van der Waals surface area (Å²) in [5.74, 6) is -0.815. The van der Waals surface area contributed by atoms with Crippen LogP contribution in [0.1, 0.15) is 116 Å². The Morgan fingerprint density at radius 2 is 1.20 bits per heavy atom. The molecular formula is C30H62N2O7SSi. The molecule has 3 fully saturated rings. The lowest BCUT2D eigenvalue weighted by molar-refractivity contribution is -0.890. The van der Waals surface area contributed by atoms with Crippen molar-refractivity contribution < 1.29 is 35.8 Å². The zero-order chi connectivity index (χ0) is 30.1. The molecule has 41 heavy (non-hydrogen) atoms. The summed E-state index contributed by atoms with van der Waals surface area (Å²) in [5, 5.41) is 12.9. The van der Waals surface area contributed by atoms with Gasteiger partial charge in [-0.1, -0.05) is 96.8 Å². The zero-order valence-corrected chi connectivity index (χ0v) is 28.3. The number of unbranched alkanes of at least 4 members (excludes halogenated alkanes) is 15. The highest BCUT2D eigenvalue weighted by Gasteiger charge is 2.56. The quantitative estimate of drug-likeness (QED) is 0.0602. The fourth-order valence-electron chi connectivity index (χ4n) is 5.92. The van der Waals surface area contributed by atoms with Crippen LogP contribution in [-0.2, 0) is 23.4 Å². The fraction of sp³-hybridized carbons (Fsp3) is 1.00. The Kier molecular flexibility index (Phi) is 17.5. The third kappa shape index (κ3) is 16.5. The second-order valence-corrected chi connectivity index (χ2v) is 17.6. The molecule has 3 heterocycles. The van der Waals surface area contributed by atoms with Crippen LogP contribution in [-0.4, -0.2) is 102 Å². The molecule has 3 aliphatic rings. The van der Waals surface area contributed by atoms with Crippen LogP contribution in [0.25, 0.3) is 0 Å². The van der Waals surface area contributed by atoms with Crippen molar-refractivity contribution in [3.8, 4) is 0 Å². The van der Waals surface area contributed by atoms with Gasteiger partial charge in [-0.25, -0.2) is 8.42 Å². The first-order valence-electron chi connectivity index (χ1n) is 16.6. The highest BCUT2D eigenvalue weighted by molar-refractivity contribution is 7.85.